The first-order valence-corrected chi connectivity index (χ1v) is 37.4. The molecule has 0 aliphatic heterocycles. The Morgan fingerprint density at radius 1 is 0.360 bits per heavy atom. The quantitative estimate of drug-likeness (QED) is 0.0264. The number of hydrogen-bond donors (Lipinski definition) is 2. The first-order valence-electron chi connectivity index (χ1n) is 35.9. The van der Waals surface area contributed by atoms with E-state index in [9.17, 15) is 19.0 Å². The van der Waals surface area contributed by atoms with Gasteiger partial charge in [-0.05, 0) is 83.5 Å². The molecule has 9 nitrogen and oxygen atoms in total. The zero-order chi connectivity index (χ0) is 62.3. The summed E-state index contributed by atoms with van der Waals surface area (Å²) in [5.74, 6) is -0.821. The molecular formula is C76H134NO8P. The highest BCUT2D eigenvalue weighted by atomic mass is 31.2. The largest absolute Gasteiger partial charge is 0.472 e. The van der Waals surface area contributed by atoms with Crippen molar-refractivity contribution in [3.8, 4) is 0 Å². The minimum absolute atomic E-state index is 0.0506. The monoisotopic (exact) mass is 1220 g/mol. The maximum Gasteiger partial charge on any atom is 0.472 e. The molecular weight excluding hydrogens is 1090 g/mol. The predicted octanol–water partition coefficient (Wildman–Crippen LogP) is 23.7. The van der Waals surface area contributed by atoms with Crippen molar-refractivity contribution in [1.29, 1.82) is 0 Å². The first-order chi connectivity index (χ1) is 42.3. The molecule has 0 radical (unpaired) electrons. The molecule has 2 atom stereocenters. The number of carbonyl (C=O) groups excluding carboxylic acids is 2. The highest BCUT2D eigenvalue weighted by Crippen LogP contribution is 2.43. The van der Waals surface area contributed by atoms with Crippen LogP contribution in [0, 0.1) is 0 Å². The van der Waals surface area contributed by atoms with Gasteiger partial charge in [0.2, 0.25) is 0 Å². The average molecular weight is 1220 g/mol. The van der Waals surface area contributed by atoms with Crippen molar-refractivity contribution in [2.24, 2.45) is 5.73 Å². The van der Waals surface area contributed by atoms with Gasteiger partial charge in [-0.3, -0.25) is 18.6 Å². The van der Waals surface area contributed by atoms with Crippen molar-refractivity contribution in [3.63, 3.8) is 0 Å². The Hall–Kier alpha value is -3.33. The van der Waals surface area contributed by atoms with Gasteiger partial charge in [-0.1, -0.05) is 342 Å². The van der Waals surface area contributed by atoms with Crippen molar-refractivity contribution in [2.75, 3.05) is 26.4 Å². The van der Waals surface area contributed by atoms with E-state index in [1.165, 1.54) is 193 Å². The van der Waals surface area contributed by atoms with E-state index in [0.717, 1.165) is 103 Å². The zero-order valence-corrected chi connectivity index (χ0v) is 56.7. The lowest BCUT2D eigenvalue weighted by atomic mass is 10.0. The fourth-order valence-corrected chi connectivity index (χ4v) is 10.9. The minimum Gasteiger partial charge on any atom is -0.462 e. The van der Waals surface area contributed by atoms with Gasteiger partial charge in [0.25, 0.3) is 0 Å². The minimum atomic E-state index is -4.40. The molecule has 0 aliphatic carbocycles. The number of allylic oxidation sites excluding steroid dienone is 18. The van der Waals surface area contributed by atoms with Gasteiger partial charge in [-0.25, -0.2) is 4.57 Å². The second-order valence-electron chi connectivity index (χ2n) is 23.7. The Morgan fingerprint density at radius 2 is 0.640 bits per heavy atom. The molecule has 0 rings (SSSR count). The summed E-state index contributed by atoms with van der Waals surface area (Å²) in [6.45, 7) is 3.67. The second kappa shape index (κ2) is 70.8. The molecule has 0 spiro atoms. The highest BCUT2D eigenvalue weighted by molar-refractivity contribution is 7.47. The third kappa shape index (κ3) is 69.8. The van der Waals surface area contributed by atoms with Gasteiger partial charge in [-0.15, -0.1) is 0 Å². The molecule has 10 heteroatoms. The summed E-state index contributed by atoms with van der Waals surface area (Å²) < 4.78 is 33.2. The Balaban J connectivity index is 3.90. The van der Waals surface area contributed by atoms with Crippen LogP contribution < -0.4 is 5.73 Å². The summed E-state index contributed by atoms with van der Waals surface area (Å²) >= 11 is 0. The van der Waals surface area contributed by atoms with Crippen LogP contribution in [0.1, 0.15) is 328 Å². The number of phosphoric acid groups is 1. The van der Waals surface area contributed by atoms with Crippen LogP contribution >= 0.6 is 7.82 Å². The number of esters is 2. The van der Waals surface area contributed by atoms with E-state index in [2.05, 4.69) is 123 Å². The lowest BCUT2D eigenvalue weighted by Gasteiger charge is -2.19. The second-order valence-corrected chi connectivity index (χ2v) is 25.2. The number of hydrogen-bond acceptors (Lipinski definition) is 8. The van der Waals surface area contributed by atoms with Gasteiger partial charge in [0.05, 0.1) is 13.2 Å². The van der Waals surface area contributed by atoms with Crippen LogP contribution in [-0.4, -0.2) is 49.3 Å². The maximum atomic E-state index is 12.8. The number of phosphoric ester groups is 1. The molecule has 0 saturated heterocycles. The van der Waals surface area contributed by atoms with E-state index in [1.807, 2.05) is 0 Å². The Kier molecular flexibility index (Phi) is 68.0. The van der Waals surface area contributed by atoms with Crippen molar-refractivity contribution >= 4 is 19.8 Å². The van der Waals surface area contributed by atoms with Crippen molar-refractivity contribution in [3.05, 3.63) is 109 Å². The molecule has 3 N–H and O–H groups in total. The number of ether oxygens (including phenoxy) is 2. The van der Waals surface area contributed by atoms with Gasteiger partial charge >= 0.3 is 19.8 Å². The van der Waals surface area contributed by atoms with Gasteiger partial charge in [0.15, 0.2) is 6.10 Å². The number of nitrogens with two attached hydrogens (primary N) is 1. The van der Waals surface area contributed by atoms with Crippen LogP contribution in [0.25, 0.3) is 0 Å². The van der Waals surface area contributed by atoms with Crippen molar-refractivity contribution in [1.82, 2.24) is 0 Å². The molecule has 0 aliphatic rings. The summed E-state index contributed by atoms with van der Waals surface area (Å²) in [5, 5.41) is 0. The molecule has 0 aromatic carbocycles. The van der Waals surface area contributed by atoms with E-state index in [1.54, 1.807) is 0 Å². The molecule has 86 heavy (non-hydrogen) atoms. The molecule has 0 amide bonds. The number of rotatable bonds is 67. The predicted molar refractivity (Wildman–Crippen MR) is 371 cm³/mol. The van der Waals surface area contributed by atoms with E-state index >= 15 is 0 Å². The number of carbonyl (C=O) groups is 2. The average Bonchev–Trinajstić information content (AvgIpc) is 3.55. The fraction of sp³-hybridized carbons (Fsp3) is 0.737. The molecule has 496 valence electrons. The van der Waals surface area contributed by atoms with Crippen LogP contribution in [0.15, 0.2) is 109 Å². The van der Waals surface area contributed by atoms with Gasteiger partial charge in [-0.2, -0.15) is 0 Å². The third-order valence-electron chi connectivity index (χ3n) is 15.4. The summed E-state index contributed by atoms with van der Waals surface area (Å²) in [6, 6.07) is 0. The van der Waals surface area contributed by atoms with Gasteiger partial charge in [0.1, 0.15) is 6.61 Å². The topological polar surface area (TPSA) is 134 Å². The summed E-state index contributed by atoms with van der Waals surface area (Å²) in [6.07, 6.45) is 97.6. The highest BCUT2D eigenvalue weighted by Gasteiger charge is 2.26. The van der Waals surface area contributed by atoms with E-state index < -0.39 is 26.5 Å². The molecule has 0 saturated carbocycles. The zero-order valence-electron chi connectivity index (χ0n) is 55.8. The SMILES string of the molecule is CC/C=C\C/C=C\C/C=C\C/C=C\C/C=C\C/C=C\C/C=C\C/C=C\C/C=C\CCCCCCCCCCCCCC(=O)OC(COC(=O)CCCCCCCCCCCCCCCCCCCCCCCCCCCC)COP(=O)(O)OCCN. The summed E-state index contributed by atoms with van der Waals surface area (Å²) in [5.41, 5.74) is 5.40. The number of unbranched alkanes of at least 4 members (excludes halogenated alkanes) is 36. The lowest BCUT2D eigenvalue weighted by molar-refractivity contribution is -0.161. The molecule has 0 heterocycles. The third-order valence-corrected chi connectivity index (χ3v) is 16.4. The lowest BCUT2D eigenvalue weighted by Crippen LogP contribution is -2.29. The summed E-state index contributed by atoms with van der Waals surface area (Å²) in [7, 11) is -4.40. The van der Waals surface area contributed by atoms with Crippen LogP contribution in [0.4, 0.5) is 0 Å². The fourth-order valence-electron chi connectivity index (χ4n) is 10.2. The Labute approximate surface area is 530 Å². The van der Waals surface area contributed by atoms with Gasteiger partial charge in [0, 0.05) is 19.4 Å². The van der Waals surface area contributed by atoms with E-state index in [4.69, 9.17) is 24.3 Å². The molecule has 2 unspecified atom stereocenters. The molecule has 0 bridgehead atoms. The molecule has 0 aromatic heterocycles. The van der Waals surface area contributed by atoms with Crippen LogP contribution in [0.2, 0.25) is 0 Å². The van der Waals surface area contributed by atoms with Gasteiger partial charge < -0.3 is 20.1 Å². The Morgan fingerprint density at radius 3 is 0.953 bits per heavy atom. The molecule has 0 fully saturated rings. The Bertz CT molecular complexity index is 1780. The smallest absolute Gasteiger partial charge is 0.462 e. The van der Waals surface area contributed by atoms with E-state index in [-0.39, 0.29) is 38.6 Å². The first kappa shape index (κ1) is 82.7. The summed E-state index contributed by atoms with van der Waals surface area (Å²) in [4.78, 5) is 35.4. The maximum absolute atomic E-state index is 12.8. The normalized spacial score (nSPS) is 13.6. The standard InChI is InChI=1S/C76H134NO8P/c1-3-5-7-9-11-13-15-17-19-21-23-25-27-29-31-32-33-34-35-36-37-38-39-40-41-42-43-45-47-49-51-53-55-57-59-61-63-65-67-69-76(79)85-74(73-84-86(80,81)83-71-70-77)72-82-75(78)68-66-64-62-60-58-56-54-52-50-48-46-44-30-28-26-24-22-20-18-16-14-12-10-8-6-4-2/h5,7,11,13,17,19,23,25,29,31,33-34,36-37,39-40,42-43,74H,3-4,6,8-10,12,14-16,18,20-22,24,26-28,30,32,35,38,41,44-73,77H2,1-2H3,(H,80,81)/b7-5-,13-11-,19-17-,25-23-,31-29-,34-33-,37-36-,40-39-,43-42-. The van der Waals surface area contributed by atoms with E-state index in [0.29, 0.717) is 6.42 Å². The molecule has 0 aromatic rings. The van der Waals surface area contributed by atoms with Crippen molar-refractivity contribution < 1.29 is 37.6 Å². The van der Waals surface area contributed by atoms with Crippen molar-refractivity contribution in [2.45, 2.75) is 335 Å². The van der Waals surface area contributed by atoms with Crippen LogP contribution in [0.3, 0.4) is 0 Å². The van der Waals surface area contributed by atoms with Crippen LogP contribution in [-0.2, 0) is 32.7 Å². The van der Waals surface area contributed by atoms with Crippen LogP contribution in [0.5, 0.6) is 0 Å².